The van der Waals surface area contributed by atoms with Gasteiger partial charge in [-0.3, -0.25) is 4.79 Å². The summed E-state index contributed by atoms with van der Waals surface area (Å²) in [5, 5.41) is 18.3. The molecule has 5 rings (SSSR count). The van der Waals surface area contributed by atoms with Crippen LogP contribution in [0.2, 0.25) is 5.02 Å². The third kappa shape index (κ3) is 4.65. The average molecular weight is 532 g/mol. The maximum atomic E-state index is 14.0. The largest absolute Gasteiger partial charge is 0.833 e. The van der Waals surface area contributed by atoms with Crippen molar-refractivity contribution in [2.24, 2.45) is 11.8 Å². The van der Waals surface area contributed by atoms with Crippen molar-refractivity contribution in [2.75, 3.05) is 27.2 Å². The minimum atomic E-state index is -2.01. The number of benzene rings is 1. The van der Waals surface area contributed by atoms with E-state index in [0.29, 0.717) is 39.1 Å². The number of rotatable bonds is 9. The summed E-state index contributed by atoms with van der Waals surface area (Å²) in [4.78, 5) is 14.5. The predicted molar refractivity (Wildman–Crippen MR) is 138 cm³/mol. The van der Waals surface area contributed by atoms with Crippen molar-refractivity contribution in [3.05, 3.63) is 74.1 Å². The summed E-state index contributed by atoms with van der Waals surface area (Å²) in [5.74, 6) is 0.571. The van der Waals surface area contributed by atoms with E-state index in [0.717, 1.165) is 30.3 Å². The van der Waals surface area contributed by atoms with Gasteiger partial charge in [0.05, 0.1) is 30.8 Å². The molecule has 0 spiro atoms. The number of hydrogen-bond donors (Lipinski definition) is 0. The summed E-state index contributed by atoms with van der Waals surface area (Å²) in [6.07, 6.45) is 2.84. The van der Waals surface area contributed by atoms with E-state index in [2.05, 4.69) is 14.1 Å². The van der Waals surface area contributed by atoms with Crippen LogP contribution in [0.25, 0.3) is 0 Å². The highest BCUT2D eigenvalue weighted by atomic mass is 35.5. The van der Waals surface area contributed by atoms with Crippen molar-refractivity contribution >= 4 is 40.2 Å². The Morgan fingerprint density at radius 1 is 1.09 bits per heavy atom. The summed E-state index contributed by atoms with van der Waals surface area (Å²) < 4.78 is 12.9. The molecule has 0 saturated heterocycles. The van der Waals surface area contributed by atoms with Gasteiger partial charge in [-0.15, -0.1) is 22.7 Å². The summed E-state index contributed by atoms with van der Waals surface area (Å²) in [5.41, 5.74) is -2.01. The number of thiophene rings is 2. The van der Waals surface area contributed by atoms with E-state index in [1.54, 1.807) is 12.1 Å². The Bertz CT molecular complexity index is 1110. The SMILES string of the molecule is C[N+](C)(CCOc1ccccc1Cl)[C@H]1CC2CCC1C2OC(=O)C([O-])(c1cccs1)c1cccs1. The lowest BCUT2D eigenvalue weighted by Gasteiger charge is -2.41. The Morgan fingerprint density at radius 3 is 2.40 bits per heavy atom. The van der Waals surface area contributed by atoms with Gasteiger partial charge in [0.25, 0.3) is 0 Å². The number of halogens is 1. The number of nitrogens with zero attached hydrogens (tertiary/aromatic N) is 1. The lowest BCUT2D eigenvalue weighted by Crippen LogP contribution is -2.54. The van der Waals surface area contributed by atoms with Crippen LogP contribution in [0.4, 0.5) is 0 Å². The Morgan fingerprint density at radius 2 is 1.77 bits per heavy atom. The maximum Gasteiger partial charge on any atom is 0.306 e. The molecule has 2 aliphatic rings. The molecule has 5 nitrogen and oxygen atoms in total. The van der Waals surface area contributed by atoms with Gasteiger partial charge >= 0.3 is 5.97 Å². The lowest BCUT2D eigenvalue weighted by atomic mass is 9.93. The highest BCUT2D eigenvalue weighted by Crippen LogP contribution is 2.50. The first-order valence-corrected chi connectivity index (χ1v) is 14.1. The number of ether oxygens (including phenoxy) is 2. The van der Waals surface area contributed by atoms with Crippen molar-refractivity contribution < 1.29 is 23.9 Å². The van der Waals surface area contributed by atoms with Crippen molar-refractivity contribution in [1.82, 2.24) is 0 Å². The molecular formula is C27H30ClNO4S2. The van der Waals surface area contributed by atoms with Crippen LogP contribution >= 0.6 is 34.3 Å². The zero-order valence-corrected chi connectivity index (χ0v) is 22.3. The molecule has 1 aromatic carbocycles. The van der Waals surface area contributed by atoms with Crippen LogP contribution in [0.1, 0.15) is 29.0 Å². The van der Waals surface area contributed by atoms with Crippen LogP contribution < -0.4 is 9.84 Å². The van der Waals surface area contributed by atoms with Gasteiger partial charge in [0.1, 0.15) is 25.0 Å². The Balaban J connectivity index is 1.27. The summed E-state index contributed by atoms with van der Waals surface area (Å²) in [6, 6.07) is 15.0. The second-order valence-electron chi connectivity index (χ2n) is 10.1. The highest BCUT2D eigenvalue weighted by Gasteiger charge is 2.56. The molecule has 3 aromatic rings. The van der Waals surface area contributed by atoms with Crippen molar-refractivity contribution in [2.45, 2.75) is 37.0 Å². The minimum absolute atomic E-state index is 0.206. The Hall–Kier alpha value is -1.90. The van der Waals surface area contributed by atoms with Gasteiger partial charge in [-0.2, -0.15) is 0 Å². The molecule has 2 heterocycles. The Kier molecular flexibility index (Phi) is 6.98. The molecule has 4 atom stereocenters. The molecular weight excluding hydrogens is 502 g/mol. The van der Waals surface area contributed by atoms with E-state index in [4.69, 9.17) is 21.1 Å². The average Bonchev–Trinajstić information content (AvgIpc) is 3.65. The summed E-state index contributed by atoms with van der Waals surface area (Å²) in [6.45, 7) is 1.37. The molecule has 2 aliphatic carbocycles. The first kappa shape index (κ1) is 24.8. The minimum Gasteiger partial charge on any atom is -0.833 e. The van der Waals surface area contributed by atoms with Crippen LogP contribution in [0.3, 0.4) is 0 Å². The fourth-order valence-electron chi connectivity index (χ4n) is 5.83. The van der Waals surface area contributed by atoms with E-state index < -0.39 is 11.6 Å². The maximum absolute atomic E-state index is 14.0. The number of para-hydroxylation sites is 1. The fraction of sp³-hybridized carbons (Fsp3) is 0.444. The summed E-state index contributed by atoms with van der Waals surface area (Å²) in [7, 11) is 4.44. The van der Waals surface area contributed by atoms with E-state index in [-0.39, 0.29) is 12.0 Å². The van der Waals surface area contributed by atoms with Crippen LogP contribution in [0.5, 0.6) is 5.75 Å². The van der Waals surface area contributed by atoms with Crippen molar-refractivity contribution in [1.29, 1.82) is 0 Å². The highest BCUT2D eigenvalue weighted by molar-refractivity contribution is 7.12. The third-order valence-corrected chi connectivity index (χ3v) is 9.98. The molecule has 2 aromatic heterocycles. The van der Waals surface area contributed by atoms with Gasteiger partial charge in [0.2, 0.25) is 0 Å². The smallest absolute Gasteiger partial charge is 0.306 e. The predicted octanol–water partition coefficient (Wildman–Crippen LogP) is 4.93. The van der Waals surface area contributed by atoms with Gasteiger partial charge in [0.15, 0.2) is 0 Å². The molecule has 2 saturated carbocycles. The third-order valence-electron chi connectivity index (χ3n) is 7.72. The molecule has 35 heavy (non-hydrogen) atoms. The van der Waals surface area contributed by atoms with Gasteiger partial charge in [-0.25, -0.2) is 0 Å². The second-order valence-corrected chi connectivity index (χ2v) is 12.4. The number of carbonyl (C=O) groups excluding carboxylic acids is 1. The number of esters is 1. The molecule has 2 bridgehead atoms. The van der Waals surface area contributed by atoms with Crippen LogP contribution in [-0.2, 0) is 15.1 Å². The first-order valence-electron chi connectivity index (χ1n) is 12.0. The molecule has 0 N–H and O–H groups in total. The number of carbonyl (C=O) groups is 1. The molecule has 2 fully saturated rings. The number of hydrogen-bond acceptors (Lipinski definition) is 6. The standard InChI is InChI=1S/C27H30ClNO4S2/c1-29(2,13-14-32-22-8-4-3-7-20(22)28)21-17-18-11-12-19(21)25(18)33-26(30)27(31,23-9-5-15-34-23)24-10-6-16-35-24/h3-10,15-16,18-19,21,25H,11-14,17H2,1-2H3/t18?,19?,21-,25?/m0/s1. The monoisotopic (exact) mass is 531 g/mol. The van der Waals surface area contributed by atoms with E-state index in [1.165, 1.54) is 22.7 Å². The second kappa shape index (κ2) is 9.87. The molecule has 0 aliphatic heterocycles. The molecule has 3 unspecified atom stereocenters. The van der Waals surface area contributed by atoms with Gasteiger partial charge in [0, 0.05) is 28.0 Å². The van der Waals surface area contributed by atoms with Gasteiger partial charge < -0.3 is 19.1 Å². The normalized spacial score (nSPS) is 24.0. The zero-order valence-electron chi connectivity index (χ0n) is 19.9. The summed E-state index contributed by atoms with van der Waals surface area (Å²) >= 11 is 8.85. The van der Waals surface area contributed by atoms with E-state index in [1.807, 2.05) is 47.2 Å². The van der Waals surface area contributed by atoms with Crippen LogP contribution in [-0.4, -0.2) is 49.8 Å². The number of quaternary nitrogens is 1. The topological polar surface area (TPSA) is 58.6 Å². The Labute approximate surface area is 219 Å². The molecule has 8 heteroatoms. The van der Waals surface area contributed by atoms with Crippen molar-refractivity contribution in [3.8, 4) is 5.75 Å². The molecule has 0 radical (unpaired) electrons. The lowest BCUT2D eigenvalue weighted by molar-refractivity contribution is -0.918. The first-order chi connectivity index (χ1) is 16.8. The van der Waals surface area contributed by atoms with Crippen molar-refractivity contribution in [3.63, 3.8) is 0 Å². The molecule has 186 valence electrons. The zero-order chi connectivity index (χ0) is 24.6. The number of fused-ring (bicyclic) bond motifs is 2. The quantitative estimate of drug-likeness (QED) is 0.290. The van der Waals surface area contributed by atoms with Gasteiger partial charge in [-0.05, 0) is 47.9 Å². The molecule has 0 amide bonds. The van der Waals surface area contributed by atoms with Crippen LogP contribution in [0.15, 0.2) is 59.3 Å². The fourth-order valence-corrected chi connectivity index (χ4v) is 7.72. The van der Waals surface area contributed by atoms with Gasteiger partial charge in [-0.1, -0.05) is 35.9 Å². The van der Waals surface area contributed by atoms with E-state index in [9.17, 15) is 9.90 Å². The number of likely N-dealkylation sites (N-methyl/N-ethyl adjacent to an activating group) is 1. The van der Waals surface area contributed by atoms with Crippen LogP contribution in [0, 0.1) is 11.8 Å². The van der Waals surface area contributed by atoms with E-state index >= 15 is 0 Å².